The highest BCUT2D eigenvalue weighted by Crippen LogP contribution is 2.38. The van der Waals surface area contributed by atoms with Crippen molar-refractivity contribution in [2.24, 2.45) is 11.8 Å². The Morgan fingerprint density at radius 2 is 2.00 bits per heavy atom. The zero-order valence-corrected chi connectivity index (χ0v) is 7.99. The number of nitrogens with zero attached hydrogens (tertiary/aromatic N) is 1. The van der Waals surface area contributed by atoms with E-state index in [0.29, 0.717) is 24.2 Å². The molecule has 0 aromatic carbocycles. The van der Waals surface area contributed by atoms with Gasteiger partial charge in [0.15, 0.2) is 0 Å². The van der Waals surface area contributed by atoms with Gasteiger partial charge in [0.05, 0.1) is 6.07 Å². The summed E-state index contributed by atoms with van der Waals surface area (Å²) in [5, 5.41) is 11.9. The van der Waals surface area contributed by atoms with Crippen LogP contribution in [-0.4, -0.2) is 19.4 Å². The first-order valence-electron chi connectivity index (χ1n) is 5.07. The maximum Gasteiger partial charge on any atom is 0.135 e. The van der Waals surface area contributed by atoms with Crippen LogP contribution in [0.1, 0.15) is 25.7 Å². The normalized spacial score (nSPS) is 44.0. The van der Waals surface area contributed by atoms with Crippen LogP contribution in [0, 0.1) is 23.2 Å². The van der Waals surface area contributed by atoms with Crippen molar-refractivity contribution in [2.45, 2.75) is 38.0 Å². The molecular formula is C10H16N2O. The van der Waals surface area contributed by atoms with Gasteiger partial charge in [-0.25, -0.2) is 0 Å². The Bertz CT molecular complexity index is 215. The molecule has 0 spiro atoms. The fourth-order valence-corrected chi connectivity index (χ4v) is 2.29. The lowest BCUT2D eigenvalue weighted by atomic mass is 9.81. The molecule has 0 amide bonds. The number of nitrogens with one attached hydrogen (secondary N) is 1. The van der Waals surface area contributed by atoms with Crippen molar-refractivity contribution in [3.05, 3.63) is 0 Å². The van der Waals surface area contributed by atoms with Crippen LogP contribution in [0.4, 0.5) is 0 Å². The third-order valence-electron chi connectivity index (χ3n) is 3.23. The minimum Gasteiger partial charge on any atom is -0.353 e. The van der Waals surface area contributed by atoms with E-state index in [1.54, 1.807) is 0 Å². The summed E-state index contributed by atoms with van der Waals surface area (Å²) in [7, 11) is 1.94. The number of hydrogen-bond donors (Lipinski definition) is 1. The quantitative estimate of drug-likeness (QED) is 0.651. The van der Waals surface area contributed by atoms with Crippen molar-refractivity contribution in [2.75, 3.05) is 7.05 Å². The number of likely N-dealkylation sites (N-methyl/N-ethyl adjacent to an activating group) is 1. The van der Waals surface area contributed by atoms with Crippen LogP contribution < -0.4 is 5.32 Å². The molecule has 2 atom stereocenters. The molecule has 0 bridgehead atoms. The van der Waals surface area contributed by atoms with Crippen LogP contribution in [0.3, 0.4) is 0 Å². The van der Waals surface area contributed by atoms with Crippen LogP contribution in [-0.2, 0) is 4.74 Å². The SMILES string of the molecule is CNC1OC1C1CCC(C#N)CC1. The van der Waals surface area contributed by atoms with Gasteiger partial charge in [-0.15, -0.1) is 0 Å². The molecule has 2 rings (SSSR count). The van der Waals surface area contributed by atoms with Crippen molar-refractivity contribution < 1.29 is 4.74 Å². The predicted octanol–water partition coefficient (Wildman–Crippen LogP) is 1.26. The smallest absolute Gasteiger partial charge is 0.135 e. The van der Waals surface area contributed by atoms with Crippen LogP contribution >= 0.6 is 0 Å². The van der Waals surface area contributed by atoms with E-state index in [1.807, 2.05) is 7.05 Å². The molecule has 1 aliphatic heterocycles. The lowest BCUT2D eigenvalue weighted by Gasteiger charge is -2.23. The van der Waals surface area contributed by atoms with Crippen molar-refractivity contribution in [1.82, 2.24) is 5.32 Å². The fourth-order valence-electron chi connectivity index (χ4n) is 2.29. The molecule has 13 heavy (non-hydrogen) atoms. The van der Waals surface area contributed by atoms with Gasteiger partial charge in [-0.05, 0) is 38.6 Å². The second kappa shape index (κ2) is 3.65. The minimum atomic E-state index is 0.295. The van der Waals surface area contributed by atoms with E-state index in [4.69, 9.17) is 10.00 Å². The molecule has 1 heterocycles. The lowest BCUT2D eigenvalue weighted by Crippen LogP contribution is -2.23. The van der Waals surface area contributed by atoms with E-state index in [0.717, 1.165) is 12.8 Å². The minimum absolute atomic E-state index is 0.295. The summed E-state index contributed by atoms with van der Waals surface area (Å²) in [6.07, 6.45) is 5.20. The van der Waals surface area contributed by atoms with Crippen LogP contribution in [0.25, 0.3) is 0 Å². The molecule has 0 aromatic rings. The summed E-state index contributed by atoms with van der Waals surface area (Å²) in [4.78, 5) is 0. The molecule has 1 N–H and O–H groups in total. The van der Waals surface area contributed by atoms with E-state index in [9.17, 15) is 0 Å². The second-order valence-corrected chi connectivity index (χ2v) is 4.05. The highest BCUT2D eigenvalue weighted by Gasteiger charge is 2.44. The predicted molar refractivity (Wildman–Crippen MR) is 48.8 cm³/mol. The first-order valence-corrected chi connectivity index (χ1v) is 5.07. The van der Waals surface area contributed by atoms with Crippen LogP contribution in [0.5, 0.6) is 0 Å². The van der Waals surface area contributed by atoms with E-state index in [1.165, 1.54) is 12.8 Å². The first kappa shape index (κ1) is 8.98. The summed E-state index contributed by atoms with van der Waals surface area (Å²) < 4.78 is 5.48. The number of rotatable bonds is 2. The van der Waals surface area contributed by atoms with Crippen LogP contribution in [0.2, 0.25) is 0 Å². The highest BCUT2D eigenvalue weighted by molar-refractivity contribution is 4.94. The van der Waals surface area contributed by atoms with Crippen LogP contribution in [0.15, 0.2) is 0 Å². The van der Waals surface area contributed by atoms with Gasteiger partial charge < -0.3 is 4.74 Å². The Morgan fingerprint density at radius 1 is 1.31 bits per heavy atom. The van der Waals surface area contributed by atoms with E-state index >= 15 is 0 Å². The molecule has 72 valence electrons. The summed E-state index contributed by atoms with van der Waals surface area (Å²) in [6, 6.07) is 2.35. The Balaban J connectivity index is 1.77. The van der Waals surface area contributed by atoms with Crippen molar-refractivity contribution in [3.63, 3.8) is 0 Å². The van der Waals surface area contributed by atoms with E-state index in [2.05, 4.69) is 11.4 Å². The van der Waals surface area contributed by atoms with E-state index in [-0.39, 0.29) is 0 Å². The Morgan fingerprint density at radius 3 is 2.46 bits per heavy atom. The third kappa shape index (κ3) is 1.84. The van der Waals surface area contributed by atoms with Gasteiger partial charge in [0.2, 0.25) is 0 Å². The number of hydrogen-bond acceptors (Lipinski definition) is 3. The monoisotopic (exact) mass is 180 g/mol. The summed E-state index contributed by atoms with van der Waals surface area (Å²) in [6.45, 7) is 0. The van der Waals surface area contributed by atoms with Gasteiger partial charge in [0.1, 0.15) is 12.3 Å². The van der Waals surface area contributed by atoms with Gasteiger partial charge in [-0.3, -0.25) is 5.32 Å². The zero-order valence-electron chi connectivity index (χ0n) is 7.99. The number of nitriles is 1. The van der Waals surface area contributed by atoms with Gasteiger partial charge >= 0.3 is 0 Å². The summed E-state index contributed by atoms with van der Waals surface area (Å²) in [5.41, 5.74) is 0. The lowest BCUT2D eigenvalue weighted by molar-refractivity contribution is 0.242. The maximum absolute atomic E-state index is 8.74. The third-order valence-corrected chi connectivity index (χ3v) is 3.23. The maximum atomic E-state index is 8.74. The van der Waals surface area contributed by atoms with Gasteiger partial charge in [0, 0.05) is 5.92 Å². The molecule has 2 aliphatic rings. The first-order chi connectivity index (χ1) is 6.35. The molecule has 1 saturated carbocycles. The number of epoxide rings is 1. The van der Waals surface area contributed by atoms with Gasteiger partial charge in [-0.2, -0.15) is 5.26 Å². The van der Waals surface area contributed by atoms with Crippen molar-refractivity contribution in [3.8, 4) is 6.07 Å². The van der Waals surface area contributed by atoms with Crippen molar-refractivity contribution in [1.29, 1.82) is 5.26 Å². The van der Waals surface area contributed by atoms with Gasteiger partial charge in [-0.1, -0.05) is 0 Å². The molecule has 2 fully saturated rings. The average molecular weight is 180 g/mol. The second-order valence-electron chi connectivity index (χ2n) is 4.05. The largest absolute Gasteiger partial charge is 0.353 e. The topological polar surface area (TPSA) is 48.3 Å². The Hall–Kier alpha value is -0.590. The molecule has 3 heteroatoms. The standard InChI is InChI=1S/C10H16N2O/c1-12-10-9(13-10)8-4-2-7(6-11)3-5-8/h7-10,12H,2-5H2,1H3. The molecular weight excluding hydrogens is 164 g/mol. The van der Waals surface area contributed by atoms with Crippen molar-refractivity contribution >= 4 is 0 Å². The summed E-state index contributed by atoms with van der Waals surface area (Å²) >= 11 is 0. The Labute approximate surface area is 79.1 Å². The molecule has 3 nitrogen and oxygen atoms in total. The summed E-state index contributed by atoms with van der Waals surface area (Å²) in [5.74, 6) is 1.00. The zero-order chi connectivity index (χ0) is 9.26. The highest BCUT2D eigenvalue weighted by atomic mass is 16.6. The molecule has 1 aliphatic carbocycles. The molecule has 0 aromatic heterocycles. The average Bonchev–Trinajstić information content (AvgIpc) is 2.97. The van der Waals surface area contributed by atoms with E-state index < -0.39 is 0 Å². The molecule has 2 unspecified atom stereocenters. The number of ether oxygens (including phenoxy) is 1. The molecule has 0 radical (unpaired) electrons. The Kier molecular flexibility index (Phi) is 2.52. The van der Waals surface area contributed by atoms with Gasteiger partial charge in [0.25, 0.3) is 0 Å². The fraction of sp³-hybridized carbons (Fsp3) is 0.900. The molecule has 1 saturated heterocycles.